The van der Waals surface area contributed by atoms with Gasteiger partial charge in [-0.3, -0.25) is 14.6 Å². The lowest BCUT2D eigenvalue weighted by molar-refractivity contribution is -0.131. The van der Waals surface area contributed by atoms with Gasteiger partial charge in [0.15, 0.2) is 0 Å². The van der Waals surface area contributed by atoms with Crippen molar-refractivity contribution in [2.75, 3.05) is 26.8 Å². The lowest BCUT2D eigenvalue weighted by atomic mass is 10.2. The summed E-state index contributed by atoms with van der Waals surface area (Å²) in [5.41, 5.74) is 0.772. The molecule has 0 bridgehead atoms. The second-order valence-electron chi connectivity index (χ2n) is 5.77. The summed E-state index contributed by atoms with van der Waals surface area (Å²) >= 11 is 0. The quantitative estimate of drug-likeness (QED) is 0.830. The molecule has 0 saturated carbocycles. The highest BCUT2D eigenvalue weighted by Gasteiger charge is 2.19. The molecule has 1 unspecified atom stereocenters. The number of amides is 2. The normalized spacial score (nSPS) is 16.7. The number of methoxy groups -OCH3 is 1. The molecule has 1 aliphatic rings. The summed E-state index contributed by atoms with van der Waals surface area (Å²) in [5.74, 6) is 0.0724. The van der Waals surface area contributed by atoms with Crippen LogP contribution in [0.25, 0.3) is 0 Å². The van der Waals surface area contributed by atoms with Crippen molar-refractivity contribution in [3.8, 4) is 0 Å². The molecular formula is C17H25N3O3. The van der Waals surface area contributed by atoms with Crippen molar-refractivity contribution in [1.29, 1.82) is 0 Å². The standard InChI is InChI=1S/C17H25N3O3/c1-23-13-15(14-7-4-5-10-18-14)19-16(21)9-12-20-11-6-2-3-8-17(20)22/h4-5,7,10,15H,2-3,6,8-9,11-13H2,1H3,(H,19,21). The summed E-state index contributed by atoms with van der Waals surface area (Å²) in [4.78, 5) is 30.2. The van der Waals surface area contributed by atoms with Gasteiger partial charge in [-0.1, -0.05) is 12.5 Å². The van der Waals surface area contributed by atoms with E-state index in [2.05, 4.69) is 10.3 Å². The minimum Gasteiger partial charge on any atom is -0.382 e. The second kappa shape index (κ2) is 9.25. The van der Waals surface area contributed by atoms with Crippen LogP contribution in [0.5, 0.6) is 0 Å². The zero-order valence-corrected chi connectivity index (χ0v) is 13.7. The molecule has 1 N–H and O–H groups in total. The molecule has 1 aromatic rings. The lowest BCUT2D eigenvalue weighted by Crippen LogP contribution is -2.37. The van der Waals surface area contributed by atoms with Crippen molar-refractivity contribution < 1.29 is 14.3 Å². The molecule has 2 heterocycles. The molecule has 0 aromatic carbocycles. The number of aromatic nitrogens is 1. The number of likely N-dealkylation sites (tertiary alicyclic amines) is 1. The number of carbonyl (C=O) groups excluding carboxylic acids is 2. The zero-order valence-electron chi connectivity index (χ0n) is 13.7. The Bertz CT molecular complexity index is 507. The van der Waals surface area contributed by atoms with Crippen LogP contribution in [-0.2, 0) is 14.3 Å². The minimum absolute atomic E-state index is 0.0882. The van der Waals surface area contributed by atoms with E-state index in [1.807, 2.05) is 18.2 Å². The molecule has 6 heteroatoms. The first kappa shape index (κ1) is 17.4. The van der Waals surface area contributed by atoms with Crippen LogP contribution in [0.3, 0.4) is 0 Å². The van der Waals surface area contributed by atoms with Gasteiger partial charge in [0.05, 0.1) is 18.3 Å². The number of nitrogens with one attached hydrogen (secondary N) is 1. The summed E-state index contributed by atoms with van der Waals surface area (Å²) in [5, 5.41) is 2.94. The Kier molecular flexibility index (Phi) is 7.00. The highest BCUT2D eigenvalue weighted by atomic mass is 16.5. The van der Waals surface area contributed by atoms with Gasteiger partial charge in [-0.15, -0.1) is 0 Å². The molecule has 23 heavy (non-hydrogen) atoms. The van der Waals surface area contributed by atoms with Crippen LogP contribution in [0.15, 0.2) is 24.4 Å². The molecule has 1 aliphatic heterocycles. The Hall–Kier alpha value is -1.95. The molecule has 2 rings (SSSR count). The van der Waals surface area contributed by atoms with Crippen molar-refractivity contribution >= 4 is 11.8 Å². The van der Waals surface area contributed by atoms with E-state index >= 15 is 0 Å². The molecule has 2 amide bonds. The first-order chi connectivity index (χ1) is 11.2. The molecule has 1 fully saturated rings. The maximum Gasteiger partial charge on any atom is 0.222 e. The van der Waals surface area contributed by atoms with Crippen molar-refractivity contribution in [2.24, 2.45) is 0 Å². The number of ether oxygens (including phenoxy) is 1. The lowest BCUT2D eigenvalue weighted by Gasteiger charge is -2.21. The van der Waals surface area contributed by atoms with Gasteiger partial charge in [0.1, 0.15) is 0 Å². The minimum atomic E-state index is -0.270. The van der Waals surface area contributed by atoms with Gasteiger partial charge in [-0.2, -0.15) is 0 Å². The van der Waals surface area contributed by atoms with Crippen LogP contribution in [0.4, 0.5) is 0 Å². The van der Waals surface area contributed by atoms with Crippen LogP contribution >= 0.6 is 0 Å². The van der Waals surface area contributed by atoms with Gasteiger partial charge in [0.25, 0.3) is 0 Å². The SMILES string of the molecule is COCC(NC(=O)CCN1CCCCCC1=O)c1ccccn1. The third-order valence-corrected chi connectivity index (χ3v) is 3.99. The van der Waals surface area contributed by atoms with E-state index in [9.17, 15) is 9.59 Å². The van der Waals surface area contributed by atoms with Gasteiger partial charge in [-0.25, -0.2) is 0 Å². The van der Waals surface area contributed by atoms with Crippen LogP contribution < -0.4 is 5.32 Å². The molecule has 6 nitrogen and oxygen atoms in total. The fraction of sp³-hybridized carbons (Fsp3) is 0.588. The fourth-order valence-electron chi connectivity index (χ4n) is 2.73. The maximum atomic E-state index is 12.2. The molecule has 126 valence electrons. The predicted molar refractivity (Wildman–Crippen MR) is 86.7 cm³/mol. The molecule has 0 aliphatic carbocycles. The fourth-order valence-corrected chi connectivity index (χ4v) is 2.73. The van der Waals surface area contributed by atoms with Crippen molar-refractivity contribution in [3.05, 3.63) is 30.1 Å². The maximum absolute atomic E-state index is 12.2. The summed E-state index contributed by atoms with van der Waals surface area (Å²) in [7, 11) is 1.60. The highest BCUT2D eigenvalue weighted by molar-refractivity contribution is 5.79. The number of hydrogen-bond acceptors (Lipinski definition) is 4. The van der Waals surface area contributed by atoms with Gasteiger partial charge in [-0.05, 0) is 25.0 Å². The van der Waals surface area contributed by atoms with E-state index in [0.717, 1.165) is 31.5 Å². The van der Waals surface area contributed by atoms with Gasteiger partial charge in [0.2, 0.25) is 11.8 Å². The third-order valence-electron chi connectivity index (χ3n) is 3.99. The summed E-state index contributed by atoms with van der Waals surface area (Å²) < 4.78 is 5.17. The monoisotopic (exact) mass is 319 g/mol. The summed E-state index contributed by atoms with van der Waals surface area (Å²) in [6, 6.07) is 5.31. The van der Waals surface area contributed by atoms with E-state index in [1.165, 1.54) is 0 Å². The Morgan fingerprint density at radius 2 is 2.26 bits per heavy atom. The van der Waals surface area contributed by atoms with Crippen molar-refractivity contribution in [3.63, 3.8) is 0 Å². The van der Waals surface area contributed by atoms with Gasteiger partial charge < -0.3 is 15.0 Å². The molecular weight excluding hydrogens is 294 g/mol. The van der Waals surface area contributed by atoms with E-state index in [4.69, 9.17) is 4.74 Å². The smallest absolute Gasteiger partial charge is 0.222 e. The summed E-state index contributed by atoms with van der Waals surface area (Å²) in [6.45, 7) is 1.60. The highest BCUT2D eigenvalue weighted by Crippen LogP contribution is 2.13. The molecule has 1 atom stereocenters. The van der Waals surface area contributed by atoms with Gasteiger partial charge in [0, 0.05) is 39.2 Å². The number of hydrogen-bond donors (Lipinski definition) is 1. The Balaban J connectivity index is 1.85. The third kappa shape index (κ3) is 5.63. The molecule has 1 saturated heterocycles. The first-order valence-corrected chi connectivity index (χ1v) is 8.17. The molecule has 0 spiro atoms. The zero-order chi connectivity index (χ0) is 16.5. The first-order valence-electron chi connectivity index (χ1n) is 8.17. The van der Waals surface area contributed by atoms with Crippen molar-refractivity contribution in [1.82, 2.24) is 15.2 Å². The van der Waals surface area contributed by atoms with E-state index < -0.39 is 0 Å². The van der Waals surface area contributed by atoms with Gasteiger partial charge >= 0.3 is 0 Å². The van der Waals surface area contributed by atoms with Crippen LogP contribution in [0, 0.1) is 0 Å². The van der Waals surface area contributed by atoms with E-state index in [1.54, 1.807) is 18.2 Å². The van der Waals surface area contributed by atoms with Crippen LogP contribution in [-0.4, -0.2) is 48.5 Å². The predicted octanol–water partition coefficient (Wildman–Crippen LogP) is 1.68. The number of pyridine rings is 1. The average Bonchev–Trinajstić information content (AvgIpc) is 2.78. The average molecular weight is 319 g/mol. The van der Waals surface area contributed by atoms with Crippen molar-refractivity contribution in [2.45, 2.75) is 38.1 Å². The molecule has 1 aromatic heterocycles. The van der Waals surface area contributed by atoms with Crippen LogP contribution in [0.1, 0.15) is 43.8 Å². The van der Waals surface area contributed by atoms with E-state index in [-0.39, 0.29) is 17.9 Å². The Morgan fingerprint density at radius 3 is 3.00 bits per heavy atom. The topological polar surface area (TPSA) is 71.5 Å². The largest absolute Gasteiger partial charge is 0.382 e. The van der Waals surface area contributed by atoms with E-state index in [0.29, 0.717) is 26.0 Å². The molecule has 0 radical (unpaired) electrons. The Morgan fingerprint density at radius 1 is 1.39 bits per heavy atom. The number of carbonyl (C=O) groups is 2. The van der Waals surface area contributed by atoms with Crippen LogP contribution in [0.2, 0.25) is 0 Å². The number of nitrogens with zero attached hydrogens (tertiary/aromatic N) is 2. The Labute approximate surface area is 137 Å². The summed E-state index contributed by atoms with van der Waals surface area (Å²) in [6.07, 6.45) is 5.66. The second-order valence-corrected chi connectivity index (χ2v) is 5.77. The number of rotatable bonds is 7.